The Morgan fingerprint density at radius 3 is 2.50 bits per heavy atom. The van der Waals surface area contributed by atoms with Crippen LogP contribution in [0.1, 0.15) is 13.3 Å². The van der Waals surface area contributed by atoms with Gasteiger partial charge in [-0.2, -0.15) is 4.98 Å². The Bertz CT molecular complexity index is 540. The zero-order valence-electron chi connectivity index (χ0n) is 10.8. The van der Waals surface area contributed by atoms with E-state index in [0.717, 1.165) is 24.3 Å². The maximum absolute atomic E-state index is 4.38. The van der Waals surface area contributed by atoms with Crippen molar-refractivity contribution in [1.82, 2.24) is 19.9 Å². The van der Waals surface area contributed by atoms with E-state index in [0.29, 0.717) is 17.4 Å². The van der Waals surface area contributed by atoms with Gasteiger partial charge in [-0.15, -0.1) is 0 Å². The predicted molar refractivity (Wildman–Crippen MR) is 73.0 cm³/mol. The van der Waals surface area contributed by atoms with Crippen LogP contribution >= 0.6 is 0 Å². The molecule has 0 aromatic carbocycles. The topological polar surface area (TPSA) is 87.7 Å². The molecule has 2 heterocycles. The molecule has 7 heteroatoms. The third-order valence-electron chi connectivity index (χ3n) is 2.43. The summed E-state index contributed by atoms with van der Waals surface area (Å²) < 4.78 is 0. The smallest absolute Gasteiger partial charge is 0.225 e. The molecule has 2 aromatic heterocycles. The Morgan fingerprint density at radius 1 is 1.06 bits per heavy atom. The molecule has 0 saturated carbocycles. The van der Waals surface area contributed by atoms with Gasteiger partial charge in [-0.25, -0.2) is 15.0 Å². The second-order valence-electron chi connectivity index (χ2n) is 3.75. The molecule has 0 bridgehead atoms. The number of hydrogen-bond donors (Lipinski definition) is 3. The normalized spacial score (nSPS) is 10.4. The van der Waals surface area contributed by atoms with Crippen LogP contribution in [0.4, 0.5) is 17.7 Å². The third kappa shape index (κ3) is 2.39. The van der Waals surface area contributed by atoms with E-state index < -0.39 is 0 Å². The molecule has 3 N–H and O–H groups in total. The van der Waals surface area contributed by atoms with Crippen molar-refractivity contribution in [1.29, 1.82) is 0 Å². The second-order valence-corrected chi connectivity index (χ2v) is 3.75. The summed E-state index contributed by atoms with van der Waals surface area (Å²) in [5.41, 5.74) is 1.44. The first-order chi connectivity index (χ1) is 8.78. The molecule has 7 nitrogen and oxygen atoms in total. The molecule has 0 atom stereocenters. The summed E-state index contributed by atoms with van der Waals surface area (Å²) in [5.74, 6) is 1.84. The third-order valence-corrected chi connectivity index (χ3v) is 2.43. The molecule has 0 aliphatic carbocycles. The lowest BCUT2D eigenvalue weighted by molar-refractivity contribution is 0.967. The largest absolute Gasteiger partial charge is 0.368 e. The number of fused-ring (bicyclic) bond motifs is 1. The molecule has 18 heavy (non-hydrogen) atoms. The van der Waals surface area contributed by atoms with Gasteiger partial charge < -0.3 is 16.0 Å². The summed E-state index contributed by atoms with van der Waals surface area (Å²) in [4.78, 5) is 17.2. The minimum absolute atomic E-state index is 0.557. The Kier molecular flexibility index (Phi) is 3.71. The van der Waals surface area contributed by atoms with Gasteiger partial charge in [0.15, 0.2) is 5.82 Å². The fraction of sp³-hybridized carbons (Fsp3) is 0.455. The summed E-state index contributed by atoms with van der Waals surface area (Å²) in [6.45, 7) is 2.94. The number of hydrogen-bond acceptors (Lipinski definition) is 7. The Balaban J connectivity index is 2.54. The highest BCUT2D eigenvalue weighted by molar-refractivity contribution is 5.86. The summed E-state index contributed by atoms with van der Waals surface area (Å²) in [6, 6.07) is 0. The standard InChI is InChI=1S/C11H17N7/c1-4-5-14-9-8-7(16-11(13-3)18-9)6-15-10(12-2)17-8/h6H,4-5H2,1-3H3,(H,12,15,17)(H2,13,14,16,18). The van der Waals surface area contributed by atoms with E-state index in [2.05, 4.69) is 42.8 Å². The first-order valence-corrected chi connectivity index (χ1v) is 5.92. The first kappa shape index (κ1) is 12.3. The molecular formula is C11H17N7. The minimum Gasteiger partial charge on any atom is -0.368 e. The van der Waals surface area contributed by atoms with E-state index in [1.807, 2.05) is 0 Å². The van der Waals surface area contributed by atoms with Crippen LogP contribution in [-0.4, -0.2) is 40.6 Å². The van der Waals surface area contributed by atoms with Crippen LogP contribution in [0.3, 0.4) is 0 Å². The predicted octanol–water partition coefficient (Wildman–Crippen LogP) is 1.33. The van der Waals surface area contributed by atoms with Crippen LogP contribution in [0.2, 0.25) is 0 Å². The molecular weight excluding hydrogens is 230 g/mol. The van der Waals surface area contributed by atoms with E-state index in [1.54, 1.807) is 20.3 Å². The van der Waals surface area contributed by atoms with E-state index in [4.69, 9.17) is 0 Å². The van der Waals surface area contributed by atoms with Crippen LogP contribution in [-0.2, 0) is 0 Å². The van der Waals surface area contributed by atoms with Gasteiger partial charge in [0.2, 0.25) is 11.9 Å². The van der Waals surface area contributed by atoms with Crippen molar-refractivity contribution < 1.29 is 0 Å². The van der Waals surface area contributed by atoms with Gasteiger partial charge in [0.25, 0.3) is 0 Å². The van der Waals surface area contributed by atoms with E-state index >= 15 is 0 Å². The van der Waals surface area contributed by atoms with Crippen LogP contribution < -0.4 is 16.0 Å². The van der Waals surface area contributed by atoms with Crippen LogP contribution in [0.15, 0.2) is 6.20 Å². The molecule has 0 unspecified atom stereocenters. The zero-order chi connectivity index (χ0) is 13.0. The zero-order valence-corrected chi connectivity index (χ0v) is 10.8. The number of nitrogens with zero attached hydrogens (tertiary/aromatic N) is 4. The van der Waals surface area contributed by atoms with Crippen molar-refractivity contribution in [3.8, 4) is 0 Å². The maximum Gasteiger partial charge on any atom is 0.225 e. The second kappa shape index (κ2) is 5.44. The summed E-state index contributed by atoms with van der Waals surface area (Å²) in [7, 11) is 3.57. The maximum atomic E-state index is 4.38. The molecule has 2 rings (SSSR count). The fourth-order valence-electron chi connectivity index (χ4n) is 1.53. The van der Waals surface area contributed by atoms with Crippen molar-refractivity contribution in [2.75, 3.05) is 36.6 Å². The van der Waals surface area contributed by atoms with Gasteiger partial charge in [0.1, 0.15) is 11.0 Å². The van der Waals surface area contributed by atoms with Crippen molar-refractivity contribution in [3.05, 3.63) is 6.20 Å². The van der Waals surface area contributed by atoms with Crippen molar-refractivity contribution in [3.63, 3.8) is 0 Å². The Morgan fingerprint density at radius 2 is 1.83 bits per heavy atom. The molecule has 0 amide bonds. The van der Waals surface area contributed by atoms with Gasteiger partial charge >= 0.3 is 0 Å². The van der Waals surface area contributed by atoms with Gasteiger partial charge in [-0.1, -0.05) is 6.92 Å². The molecule has 0 spiro atoms. The summed E-state index contributed by atoms with van der Waals surface area (Å²) in [5, 5.41) is 9.10. The van der Waals surface area contributed by atoms with Gasteiger partial charge in [-0.05, 0) is 6.42 Å². The minimum atomic E-state index is 0.557. The molecule has 0 aliphatic heterocycles. The number of anilines is 3. The molecule has 2 aromatic rings. The lowest BCUT2D eigenvalue weighted by Crippen LogP contribution is -2.08. The lowest BCUT2D eigenvalue weighted by atomic mass is 10.4. The fourth-order valence-corrected chi connectivity index (χ4v) is 1.53. The van der Waals surface area contributed by atoms with Crippen LogP contribution in [0.5, 0.6) is 0 Å². The average molecular weight is 247 g/mol. The quantitative estimate of drug-likeness (QED) is 0.734. The molecule has 0 saturated heterocycles. The lowest BCUT2D eigenvalue weighted by Gasteiger charge is -2.09. The number of rotatable bonds is 5. The first-order valence-electron chi connectivity index (χ1n) is 5.92. The van der Waals surface area contributed by atoms with Crippen molar-refractivity contribution in [2.24, 2.45) is 0 Å². The SMILES string of the molecule is CCCNc1nc(NC)nc2cnc(NC)nc12. The molecule has 96 valence electrons. The Labute approximate surface area is 105 Å². The Hall–Kier alpha value is -2.18. The van der Waals surface area contributed by atoms with E-state index in [-0.39, 0.29) is 0 Å². The van der Waals surface area contributed by atoms with E-state index in [1.165, 1.54) is 0 Å². The van der Waals surface area contributed by atoms with Gasteiger partial charge in [-0.3, -0.25) is 0 Å². The van der Waals surface area contributed by atoms with Crippen molar-refractivity contribution in [2.45, 2.75) is 13.3 Å². The molecule has 0 radical (unpaired) electrons. The van der Waals surface area contributed by atoms with Crippen LogP contribution in [0.25, 0.3) is 11.0 Å². The highest BCUT2D eigenvalue weighted by atomic mass is 15.2. The number of aromatic nitrogens is 4. The van der Waals surface area contributed by atoms with Crippen molar-refractivity contribution >= 4 is 28.7 Å². The van der Waals surface area contributed by atoms with Gasteiger partial charge in [0, 0.05) is 20.6 Å². The summed E-state index contributed by atoms with van der Waals surface area (Å²) >= 11 is 0. The highest BCUT2D eigenvalue weighted by Gasteiger charge is 2.09. The summed E-state index contributed by atoms with van der Waals surface area (Å²) in [6.07, 6.45) is 2.71. The highest BCUT2D eigenvalue weighted by Crippen LogP contribution is 2.20. The van der Waals surface area contributed by atoms with Crippen LogP contribution in [0, 0.1) is 0 Å². The van der Waals surface area contributed by atoms with Gasteiger partial charge in [0.05, 0.1) is 6.20 Å². The molecule has 0 fully saturated rings. The monoisotopic (exact) mass is 247 g/mol. The average Bonchev–Trinajstić information content (AvgIpc) is 2.43. The number of nitrogens with one attached hydrogen (secondary N) is 3. The van der Waals surface area contributed by atoms with E-state index in [9.17, 15) is 0 Å². The molecule has 0 aliphatic rings.